The third kappa shape index (κ3) is 47.4. The second-order valence-corrected chi connectivity index (χ2v) is 16.5. The first-order chi connectivity index (χ1) is 30.5. The fourth-order valence-corrected chi connectivity index (χ4v) is 6.58. The highest BCUT2D eigenvalue weighted by atomic mass is 16.6. The average Bonchev–Trinajstić information content (AvgIpc) is 3.27. The van der Waals surface area contributed by atoms with Gasteiger partial charge in [0.05, 0.1) is 0 Å². The van der Waals surface area contributed by atoms with E-state index < -0.39 is 12.1 Å². The molecule has 0 fully saturated rings. The van der Waals surface area contributed by atoms with E-state index in [-0.39, 0.29) is 31.6 Å². The summed E-state index contributed by atoms with van der Waals surface area (Å²) >= 11 is 0. The molecule has 6 heteroatoms. The van der Waals surface area contributed by atoms with E-state index in [4.69, 9.17) is 14.2 Å². The van der Waals surface area contributed by atoms with Crippen molar-refractivity contribution in [1.29, 1.82) is 0 Å². The number of ether oxygens (including phenoxy) is 3. The van der Waals surface area contributed by atoms with Gasteiger partial charge in [-0.2, -0.15) is 0 Å². The maximum Gasteiger partial charge on any atom is 0.306 e. The summed E-state index contributed by atoms with van der Waals surface area (Å²) in [5.74, 6) is -1.03. The quantitative estimate of drug-likeness (QED) is 0.0200. The summed E-state index contributed by atoms with van der Waals surface area (Å²) in [7, 11) is 0. The zero-order valence-electron chi connectivity index (χ0n) is 40.1. The van der Waals surface area contributed by atoms with Crippen molar-refractivity contribution in [3.05, 3.63) is 97.2 Å². The minimum Gasteiger partial charge on any atom is -0.462 e. The number of carbonyl (C=O) groups is 3. The first-order valence-electron chi connectivity index (χ1n) is 25.3. The van der Waals surface area contributed by atoms with Gasteiger partial charge in [-0.15, -0.1) is 0 Å². The van der Waals surface area contributed by atoms with Crippen LogP contribution < -0.4 is 0 Å². The highest BCUT2D eigenvalue weighted by molar-refractivity contribution is 5.71. The molecule has 1 unspecified atom stereocenters. The molecule has 0 aliphatic rings. The summed E-state index contributed by atoms with van der Waals surface area (Å²) in [6.45, 7) is 6.43. The standard InChI is InChI=1S/C56H92O6/c1-4-7-10-13-16-19-22-25-26-27-28-29-32-34-37-40-43-46-49-55(58)61-52-53(62-56(59)50-47-44-41-38-35-31-24-21-18-15-12-9-6-3)51-60-54(57)48-45-42-39-36-33-30-23-20-17-14-11-8-5-2/h10,13,16,19,22,25-31,33,35,41,44,53H,4-9,11-12,14-15,17-18,20-21,23-24,32,34,36-40,42-43,45-52H2,1-3H3/b13-10+,19-16+,25-22+,27-26+,29-28+,33-30+,35-31+,44-41+. The summed E-state index contributed by atoms with van der Waals surface area (Å²) in [4.78, 5) is 37.9. The van der Waals surface area contributed by atoms with Crippen LogP contribution in [-0.2, 0) is 28.6 Å². The Hall–Kier alpha value is -3.67. The lowest BCUT2D eigenvalue weighted by Crippen LogP contribution is -2.30. The molecule has 0 N–H and O–H groups in total. The highest BCUT2D eigenvalue weighted by Gasteiger charge is 2.19. The Bertz CT molecular complexity index is 1260. The molecule has 6 nitrogen and oxygen atoms in total. The summed E-state index contributed by atoms with van der Waals surface area (Å²) in [5.41, 5.74) is 0. The molecule has 0 amide bonds. The number of hydrogen-bond donors (Lipinski definition) is 0. The molecule has 0 rings (SSSR count). The van der Waals surface area contributed by atoms with E-state index in [1.807, 2.05) is 42.5 Å². The van der Waals surface area contributed by atoms with Gasteiger partial charge in [0, 0.05) is 19.3 Å². The van der Waals surface area contributed by atoms with E-state index in [0.717, 1.165) is 89.9 Å². The van der Waals surface area contributed by atoms with Crippen LogP contribution in [0.25, 0.3) is 0 Å². The second-order valence-electron chi connectivity index (χ2n) is 16.5. The van der Waals surface area contributed by atoms with Gasteiger partial charge in [0.1, 0.15) is 13.2 Å². The molecule has 0 saturated carbocycles. The van der Waals surface area contributed by atoms with Gasteiger partial charge < -0.3 is 14.2 Å². The third-order valence-electron chi connectivity index (χ3n) is 10.4. The van der Waals surface area contributed by atoms with Crippen LogP contribution in [0.2, 0.25) is 0 Å². The number of allylic oxidation sites excluding steroid dienone is 16. The molecule has 0 aromatic rings. The zero-order valence-corrected chi connectivity index (χ0v) is 40.1. The highest BCUT2D eigenvalue weighted by Crippen LogP contribution is 2.12. The maximum atomic E-state index is 12.7. The number of carbonyl (C=O) groups excluding carboxylic acids is 3. The van der Waals surface area contributed by atoms with Gasteiger partial charge in [0.2, 0.25) is 0 Å². The summed E-state index contributed by atoms with van der Waals surface area (Å²) in [6, 6.07) is 0. The van der Waals surface area contributed by atoms with Gasteiger partial charge in [0.15, 0.2) is 6.10 Å². The van der Waals surface area contributed by atoms with Crippen LogP contribution in [0.15, 0.2) is 97.2 Å². The van der Waals surface area contributed by atoms with Crippen LogP contribution in [0, 0.1) is 0 Å². The fraction of sp³-hybridized carbons (Fsp3) is 0.661. The molecule has 0 aromatic carbocycles. The van der Waals surface area contributed by atoms with Crippen LogP contribution >= 0.6 is 0 Å². The lowest BCUT2D eigenvalue weighted by molar-refractivity contribution is -0.166. The smallest absolute Gasteiger partial charge is 0.306 e. The minimum atomic E-state index is -0.824. The number of rotatable bonds is 44. The molecule has 62 heavy (non-hydrogen) atoms. The molecular formula is C56H92O6. The third-order valence-corrected chi connectivity index (χ3v) is 10.4. The van der Waals surface area contributed by atoms with Crippen molar-refractivity contribution < 1.29 is 28.6 Å². The Morgan fingerprint density at radius 3 is 1.19 bits per heavy atom. The second kappa shape index (κ2) is 50.0. The molecule has 0 radical (unpaired) electrons. The Morgan fingerprint density at radius 1 is 0.339 bits per heavy atom. The lowest BCUT2D eigenvalue weighted by atomic mass is 10.1. The Morgan fingerprint density at radius 2 is 0.710 bits per heavy atom. The lowest BCUT2D eigenvalue weighted by Gasteiger charge is -2.18. The van der Waals surface area contributed by atoms with Gasteiger partial charge >= 0.3 is 17.9 Å². The van der Waals surface area contributed by atoms with E-state index in [0.29, 0.717) is 19.3 Å². The molecule has 0 bridgehead atoms. The van der Waals surface area contributed by atoms with E-state index in [1.54, 1.807) is 0 Å². The first kappa shape index (κ1) is 58.3. The van der Waals surface area contributed by atoms with Crippen LogP contribution in [0.3, 0.4) is 0 Å². The van der Waals surface area contributed by atoms with Gasteiger partial charge in [-0.05, 0) is 83.5 Å². The summed E-state index contributed by atoms with van der Waals surface area (Å²) in [5, 5.41) is 0. The predicted molar refractivity (Wildman–Crippen MR) is 265 cm³/mol. The monoisotopic (exact) mass is 861 g/mol. The van der Waals surface area contributed by atoms with Crippen LogP contribution in [0.5, 0.6) is 0 Å². The molecule has 0 aromatic heterocycles. The van der Waals surface area contributed by atoms with E-state index in [2.05, 4.69) is 75.5 Å². The van der Waals surface area contributed by atoms with Crippen LogP contribution in [0.1, 0.15) is 220 Å². The number of hydrogen-bond acceptors (Lipinski definition) is 6. The zero-order chi connectivity index (χ0) is 45.1. The summed E-state index contributed by atoms with van der Waals surface area (Å²) in [6.07, 6.45) is 65.4. The normalized spacial score (nSPS) is 12.9. The number of unbranched alkanes of at least 4 members (excludes halogenated alkanes) is 21. The Labute approximate surface area is 381 Å². The van der Waals surface area contributed by atoms with E-state index in [1.165, 1.54) is 83.5 Å². The Balaban J connectivity index is 4.53. The molecule has 0 saturated heterocycles. The molecule has 0 spiro atoms. The van der Waals surface area contributed by atoms with Gasteiger partial charge in [-0.1, -0.05) is 214 Å². The van der Waals surface area contributed by atoms with Crippen molar-refractivity contribution in [2.75, 3.05) is 13.2 Å². The largest absolute Gasteiger partial charge is 0.462 e. The molecule has 352 valence electrons. The van der Waals surface area contributed by atoms with Crippen molar-refractivity contribution >= 4 is 17.9 Å². The minimum absolute atomic E-state index is 0.117. The predicted octanol–water partition coefficient (Wildman–Crippen LogP) is 16.6. The van der Waals surface area contributed by atoms with Crippen molar-refractivity contribution in [3.8, 4) is 0 Å². The van der Waals surface area contributed by atoms with Crippen molar-refractivity contribution in [2.45, 2.75) is 226 Å². The van der Waals surface area contributed by atoms with Crippen molar-refractivity contribution in [1.82, 2.24) is 0 Å². The average molecular weight is 861 g/mol. The van der Waals surface area contributed by atoms with E-state index >= 15 is 0 Å². The van der Waals surface area contributed by atoms with Gasteiger partial charge in [-0.25, -0.2) is 0 Å². The SMILES string of the molecule is CCC/C=C/C=C/C=C/C=C/C=C/CCCCCCCC(=O)OCC(COC(=O)CCCCC/C=C/CCCCCCCC)OC(=O)CC/C=C/C/C=C/CCCCCCCC. The molecule has 0 heterocycles. The van der Waals surface area contributed by atoms with Crippen LogP contribution in [-0.4, -0.2) is 37.2 Å². The molecule has 1 atom stereocenters. The van der Waals surface area contributed by atoms with Crippen molar-refractivity contribution in [2.24, 2.45) is 0 Å². The van der Waals surface area contributed by atoms with Gasteiger partial charge in [0.25, 0.3) is 0 Å². The Kier molecular flexibility index (Phi) is 47.0. The van der Waals surface area contributed by atoms with E-state index in [9.17, 15) is 14.4 Å². The fourth-order valence-electron chi connectivity index (χ4n) is 6.58. The summed E-state index contributed by atoms with van der Waals surface area (Å²) < 4.78 is 16.7. The maximum absolute atomic E-state index is 12.7. The molecule has 0 aliphatic carbocycles. The van der Waals surface area contributed by atoms with Crippen LogP contribution in [0.4, 0.5) is 0 Å². The molecule has 0 aliphatic heterocycles. The van der Waals surface area contributed by atoms with Gasteiger partial charge in [-0.3, -0.25) is 14.4 Å². The number of esters is 3. The molecular weight excluding hydrogens is 769 g/mol. The van der Waals surface area contributed by atoms with Crippen molar-refractivity contribution in [3.63, 3.8) is 0 Å². The topological polar surface area (TPSA) is 78.9 Å². The first-order valence-corrected chi connectivity index (χ1v) is 25.3.